The Morgan fingerprint density at radius 3 is 2.32 bits per heavy atom. The van der Waals surface area contributed by atoms with E-state index in [0.29, 0.717) is 30.7 Å². The second kappa shape index (κ2) is 11.9. The van der Waals surface area contributed by atoms with Crippen molar-refractivity contribution in [3.63, 3.8) is 0 Å². The normalized spacial score (nSPS) is 17.3. The number of carbonyl (C=O) groups is 5. The maximum absolute atomic E-state index is 13.0. The summed E-state index contributed by atoms with van der Waals surface area (Å²) in [5.74, 6) is -2.30. The Kier molecular flexibility index (Phi) is 8.87. The van der Waals surface area contributed by atoms with E-state index in [9.17, 15) is 28.8 Å². The second-order valence-electron chi connectivity index (χ2n) is 9.52. The van der Waals surface area contributed by atoms with Crippen molar-refractivity contribution in [1.29, 1.82) is 0 Å². The Labute approximate surface area is 219 Å². The highest BCUT2D eigenvalue weighted by Gasteiger charge is 2.37. The summed E-state index contributed by atoms with van der Waals surface area (Å²) in [5, 5.41) is 11.1. The number of carbonyl (C=O) groups excluding carboxylic acids is 5. The smallest absolute Gasteiger partial charge is 0.336 e. The molecule has 12 heteroatoms. The van der Waals surface area contributed by atoms with Gasteiger partial charge in [0.15, 0.2) is 0 Å². The summed E-state index contributed by atoms with van der Waals surface area (Å²) in [6, 6.07) is 2.88. The largest absolute Gasteiger partial charge is 0.423 e. The average Bonchev–Trinajstić information content (AvgIpc) is 3.32. The van der Waals surface area contributed by atoms with E-state index in [0.717, 1.165) is 10.9 Å². The van der Waals surface area contributed by atoms with Crippen LogP contribution in [0, 0.1) is 6.92 Å². The Hall–Kier alpha value is -4.22. The third kappa shape index (κ3) is 6.75. The molecule has 0 bridgehead atoms. The quantitative estimate of drug-likeness (QED) is 0.364. The molecule has 1 aromatic heterocycles. The number of fused-ring (bicyclic) bond motifs is 1. The first-order chi connectivity index (χ1) is 17.9. The lowest BCUT2D eigenvalue weighted by Gasteiger charge is -2.28. The van der Waals surface area contributed by atoms with Crippen LogP contribution in [-0.2, 0) is 24.0 Å². The number of amides is 5. The first-order valence-electron chi connectivity index (χ1n) is 12.4. The number of hydrogen-bond acceptors (Lipinski definition) is 7. The highest BCUT2D eigenvalue weighted by atomic mass is 16.4. The summed E-state index contributed by atoms with van der Waals surface area (Å²) >= 11 is 0. The summed E-state index contributed by atoms with van der Waals surface area (Å²) < 4.78 is 5.21. The van der Waals surface area contributed by atoms with Gasteiger partial charge in [0, 0.05) is 36.7 Å². The Bertz CT molecular complexity index is 1320. The molecule has 1 aromatic carbocycles. The Morgan fingerprint density at radius 2 is 1.63 bits per heavy atom. The predicted octanol–water partition coefficient (Wildman–Crippen LogP) is 0.565. The third-order valence-corrected chi connectivity index (χ3v) is 6.35. The first kappa shape index (κ1) is 28.4. The van der Waals surface area contributed by atoms with Crippen molar-refractivity contribution in [1.82, 2.24) is 20.9 Å². The van der Waals surface area contributed by atoms with Gasteiger partial charge in [0.25, 0.3) is 0 Å². The van der Waals surface area contributed by atoms with Crippen molar-refractivity contribution in [2.75, 3.05) is 11.9 Å². The van der Waals surface area contributed by atoms with E-state index in [1.54, 1.807) is 19.1 Å². The van der Waals surface area contributed by atoms with Gasteiger partial charge in [-0.3, -0.25) is 24.0 Å². The van der Waals surface area contributed by atoms with Crippen molar-refractivity contribution < 1.29 is 28.4 Å². The van der Waals surface area contributed by atoms with Crippen molar-refractivity contribution in [3.8, 4) is 0 Å². The number of hydrogen-bond donors (Lipinski definition) is 4. The molecule has 4 N–H and O–H groups in total. The van der Waals surface area contributed by atoms with E-state index in [2.05, 4.69) is 21.3 Å². The van der Waals surface area contributed by atoms with Crippen LogP contribution in [0.4, 0.5) is 5.69 Å². The summed E-state index contributed by atoms with van der Waals surface area (Å²) in [6.45, 7) is 7.94. The van der Waals surface area contributed by atoms with Gasteiger partial charge < -0.3 is 30.6 Å². The number of benzene rings is 1. The van der Waals surface area contributed by atoms with Gasteiger partial charge >= 0.3 is 5.63 Å². The molecule has 1 aliphatic heterocycles. The number of nitrogens with zero attached hydrogens (tertiary/aromatic N) is 1. The fourth-order valence-electron chi connectivity index (χ4n) is 4.35. The zero-order valence-electron chi connectivity index (χ0n) is 22.0. The van der Waals surface area contributed by atoms with Crippen molar-refractivity contribution in [2.45, 2.75) is 71.6 Å². The van der Waals surface area contributed by atoms with Gasteiger partial charge in [-0.15, -0.1) is 0 Å². The minimum Gasteiger partial charge on any atom is -0.423 e. The van der Waals surface area contributed by atoms with Gasteiger partial charge in [0.05, 0.1) is 0 Å². The highest BCUT2D eigenvalue weighted by molar-refractivity contribution is 6.00. The zero-order valence-corrected chi connectivity index (χ0v) is 22.0. The van der Waals surface area contributed by atoms with Crippen LogP contribution in [0.15, 0.2) is 33.5 Å². The Morgan fingerprint density at radius 1 is 0.947 bits per heavy atom. The number of aryl methyl sites for hydroxylation is 1. The molecule has 0 spiro atoms. The number of anilines is 1. The van der Waals surface area contributed by atoms with E-state index < -0.39 is 53.4 Å². The van der Waals surface area contributed by atoms with Gasteiger partial charge in [0.2, 0.25) is 29.5 Å². The molecule has 0 aliphatic carbocycles. The molecule has 1 saturated heterocycles. The van der Waals surface area contributed by atoms with Crippen LogP contribution in [0.1, 0.15) is 46.1 Å². The van der Waals surface area contributed by atoms with E-state index in [-0.39, 0.29) is 5.91 Å². The van der Waals surface area contributed by atoms with Gasteiger partial charge in [-0.2, -0.15) is 0 Å². The van der Waals surface area contributed by atoms with Crippen LogP contribution in [0.5, 0.6) is 0 Å². The fourth-order valence-corrected chi connectivity index (χ4v) is 4.35. The molecule has 5 amide bonds. The zero-order chi connectivity index (χ0) is 28.1. The minimum atomic E-state index is -0.920. The molecule has 1 fully saturated rings. The molecule has 4 atom stereocenters. The molecule has 2 heterocycles. The lowest BCUT2D eigenvalue weighted by Crippen LogP contribution is -2.56. The molecule has 0 radical (unpaired) electrons. The molecule has 2 aromatic rings. The predicted molar refractivity (Wildman–Crippen MR) is 139 cm³/mol. The third-order valence-electron chi connectivity index (χ3n) is 6.35. The maximum atomic E-state index is 13.0. The molecular formula is C26H33N5O7. The monoisotopic (exact) mass is 527 g/mol. The molecule has 3 rings (SSSR count). The molecule has 1 aliphatic rings. The fraction of sp³-hybridized carbons (Fsp3) is 0.462. The molecular weight excluding hydrogens is 494 g/mol. The SMILES string of the molecule is CC(=O)N[C@H](C)C(=O)N[C@H](C)C(=O)N1CCC[C@H]1C(=O)N[C@H](C)C(=O)Nc1ccc2c(C)cc(=O)oc2c1. The summed E-state index contributed by atoms with van der Waals surface area (Å²) in [6.07, 6.45) is 1.01. The summed E-state index contributed by atoms with van der Waals surface area (Å²) in [4.78, 5) is 75.2. The van der Waals surface area contributed by atoms with Crippen LogP contribution in [0.3, 0.4) is 0 Å². The van der Waals surface area contributed by atoms with Crippen LogP contribution in [0.25, 0.3) is 11.0 Å². The molecule has 0 saturated carbocycles. The van der Waals surface area contributed by atoms with E-state index >= 15 is 0 Å². The number of likely N-dealkylation sites (tertiary alicyclic amines) is 1. The van der Waals surface area contributed by atoms with Crippen LogP contribution in [-0.4, -0.2) is 65.1 Å². The maximum Gasteiger partial charge on any atom is 0.336 e. The first-order valence-corrected chi connectivity index (χ1v) is 12.4. The van der Waals surface area contributed by atoms with Crippen LogP contribution >= 0.6 is 0 Å². The van der Waals surface area contributed by atoms with Crippen LogP contribution < -0.4 is 26.9 Å². The Balaban J connectivity index is 1.59. The van der Waals surface area contributed by atoms with Gasteiger partial charge in [0.1, 0.15) is 29.8 Å². The molecule has 12 nitrogen and oxygen atoms in total. The highest BCUT2D eigenvalue weighted by Crippen LogP contribution is 2.21. The topological polar surface area (TPSA) is 167 Å². The summed E-state index contributed by atoms with van der Waals surface area (Å²) in [7, 11) is 0. The molecule has 204 valence electrons. The van der Waals surface area contributed by atoms with Crippen LogP contribution in [0.2, 0.25) is 0 Å². The van der Waals surface area contributed by atoms with Gasteiger partial charge in [-0.1, -0.05) is 0 Å². The second-order valence-corrected chi connectivity index (χ2v) is 9.52. The molecule has 38 heavy (non-hydrogen) atoms. The minimum absolute atomic E-state index is 0.331. The van der Waals surface area contributed by atoms with Crippen molar-refractivity contribution in [2.24, 2.45) is 0 Å². The van der Waals surface area contributed by atoms with Gasteiger partial charge in [-0.05, 0) is 58.2 Å². The lowest BCUT2D eigenvalue weighted by atomic mass is 10.1. The van der Waals surface area contributed by atoms with E-state index in [1.807, 2.05) is 0 Å². The van der Waals surface area contributed by atoms with E-state index in [1.165, 1.54) is 44.7 Å². The van der Waals surface area contributed by atoms with Crippen molar-refractivity contribution >= 4 is 46.2 Å². The molecule has 0 unspecified atom stereocenters. The van der Waals surface area contributed by atoms with E-state index in [4.69, 9.17) is 4.42 Å². The van der Waals surface area contributed by atoms with Gasteiger partial charge in [-0.25, -0.2) is 4.79 Å². The van der Waals surface area contributed by atoms with Crippen molar-refractivity contribution in [3.05, 3.63) is 40.2 Å². The number of rotatable bonds is 8. The standard InChI is InChI=1S/C26H33N5O7/c1-13-11-22(33)38-21-12-18(8-9-19(13)21)30-24(35)15(3)28-25(36)20-7-6-10-31(20)26(37)16(4)29-23(34)14(2)27-17(5)32/h8-9,11-12,14-16,20H,6-7,10H2,1-5H3,(H,27,32)(H,28,36)(H,29,34)(H,30,35)/t14-,15-,16-,20+/m1/s1. The number of nitrogens with one attached hydrogen (secondary N) is 4. The lowest BCUT2D eigenvalue weighted by molar-refractivity contribution is -0.141. The average molecular weight is 528 g/mol. The summed E-state index contributed by atoms with van der Waals surface area (Å²) in [5.41, 5.74) is 0.984.